The quantitative estimate of drug-likeness (QED) is 0.795. The summed E-state index contributed by atoms with van der Waals surface area (Å²) >= 11 is 0. The number of nitrogens with zero attached hydrogens (tertiary/aromatic N) is 2. The van der Waals surface area contributed by atoms with E-state index in [9.17, 15) is 14.7 Å². The van der Waals surface area contributed by atoms with Crippen LogP contribution in [0.3, 0.4) is 0 Å². The van der Waals surface area contributed by atoms with Gasteiger partial charge in [0.05, 0.1) is 17.1 Å². The lowest BCUT2D eigenvalue weighted by molar-refractivity contribution is -0.139. The molecule has 1 aromatic carbocycles. The van der Waals surface area contributed by atoms with Gasteiger partial charge in [-0.3, -0.25) is 9.78 Å². The number of carbonyl (C=O) groups is 2. The maximum absolute atomic E-state index is 12.3. The van der Waals surface area contributed by atoms with Crippen LogP contribution < -0.4 is 5.32 Å². The van der Waals surface area contributed by atoms with Crippen LogP contribution in [0.15, 0.2) is 36.5 Å². The molecule has 112 valence electrons. The first-order valence-corrected chi connectivity index (χ1v) is 6.88. The minimum absolute atomic E-state index is 0.220. The van der Waals surface area contributed by atoms with Crippen molar-refractivity contribution in [1.82, 2.24) is 10.3 Å². The number of aromatic nitrogens is 1. The number of amides is 1. The van der Waals surface area contributed by atoms with Crippen molar-refractivity contribution in [2.24, 2.45) is 0 Å². The summed E-state index contributed by atoms with van der Waals surface area (Å²) in [5.74, 6) is -1.56. The van der Waals surface area contributed by atoms with Gasteiger partial charge < -0.3 is 10.4 Å². The fraction of sp³-hybridized carbons (Fsp3) is 0.250. The zero-order valence-electron chi connectivity index (χ0n) is 11.8. The van der Waals surface area contributed by atoms with Gasteiger partial charge in [0.2, 0.25) is 0 Å². The number of fused-ring (bicyclic) bond motifs is 1. The minimum Gasteiger partial charge on any atom is -0.480 e. The molecule has 1 amide bonds. The largest absolute Gasteiger partial charge is 0.480 e. The summed E-state index contributed by atoms with van der Waals surface area (Å²) < 4.78 is 0. The highest BCUT2D eigenvalue weighted by atomic mass is 16.4. The van der Waals surface area contributed by atoms with E-state index in [4.69, 9.17) is 5.26 Å². The number of para-hydroxylation sites is 1. The monoisotopic (exact) mass is 297 g/mol. The Morgan fingerprint density at radius 3 is 2.82 bits per heavy atom. The molecule has 0 aliphatic heterocycles. The third-order valence-corrected chi connectivity index (χ3v) is 3.28. The number of hydrogen-bond donors (Lipinski definition) is 2. The molecule has 0 bridgehead atoms. The first-order chi connectivity index (χ1) is 10.6. The van der Waals surface area contributed by atoms with E-state index in [1.54, 1.807) is 24.3 Å². The van der Waals surface area contributed by atoms with E-state index in [1.165, 1.54) is 6.20 Å². The highest BCUT2D eigenvalue weighted by Crippen LogP contribution is 2.16. The molecule has 1 aromatic heterocycles. The van der Waals surface area contributed by atoms with E-state index < -0.39 is 17.9 Å². The molecular weight excluding hydrogens is 282 g/mol. The first kappa shape index (κ1) is 15.4. The summed E-state index contributed by atoms with van der Waals surface area (Å²) in [4.78, 5) is 27.7. The van der Waals surface area contributed by atoms with Crippen molar-refractivity contribution in [2.75, 3.05) is 0 Å². The molecule has 0 saturated carbocycles. The van der Waals surface area contributed by atoms with Gasteiger partial charge in [0.1, 0.15) is 6.04 Å². The fourth-order valence-electron chi connectivity index (χ4n) is 2.17. The molecule has 2 rings (SSSR count). The van der Waals surface area contributed by atoms with Crippen molar-refractivity contribution in [3.63, 3.8) is 0 Å². The van der Waals surface area contributed by atoms with Crippen molar-refractivity contribution in [2.45, 2.75) is 25.3 Å². The van der Waals surface area contributed by atoms with Crippen LogP contribution in [0.2, 0.25) is 0 Å². The SMILES string of the molecule is N#CCCC[C@H](NC(=O)c1ccnc2ccccc12)C(=O)O. The lowest BCUT2D eigenvalue weighted by Crippen LogP contribution is -2.40. The number of carbonyl (C=O) groups excluding carboxylic acids is 1. The fourth-order valence-corrected chi connectivity index (χ4v) is 2.17. The van der Waals surface area contributed by atoms with Gasteiger partial charge in [-0.25, -0.2) is 4.79 Å². The number of aliphatic carboxylic acids is 1. The molecule has 0 spiro atoms. The minimum atomic E-state index is -1.11. The van der Waals surface area contributed by atoms with Gasteiger partial charge in [0, 0.05) is 18.0 Å². The molecule has 0 aliphatic carbocycles. The van der Waals surface area contributed by atoms with Gasteiger partial charge in [-0.2, -0.15) is 5.26 Å². The van der Waals surface area contributed by atoms with Crippen LogP contribution in [0.4, 0.5) is 0 Å². The molecule has 1 atom stereocenters. The van der Waals surface area contributed by atoms with E-state index >= 15 is 0 Å². The van der Waals surface area contributed by atoms with Crippen LogP contribution in [0.25, 0.3) is 10.9 Å². The van der Waals surface area contributed by atoms with E-state index in [1.807, 2.05) is 12.1 Å². The third kappa shape index (κ3) is 3.58. The standard InChI is InChI=1S/C16H15N3O3/c17-9-4-3-7-14(16(21)22)19-15(20)12-8-10-18-13-6-2-1-5-11(12)13/h1-2,5-6,8,10,14H,3-4,7H2,(H,19,20)(H,21,22)/t14-/m0/s1. The molecule has 6 nitrogen and oxygen atoms in total. The lowest BCUT2D eigenvalue weighted by atomic mass is 10.1. The van der Waals surface area contributed by atoms with Crippen LogP contribution in [0.5, 0.6) is 0 Å². The Kier molecular flexibility index (Phi) is 5.04. The predicted octanol–water partition coefficient (Wildman–Crippen LogP) is 2.11. The number of hydrogen-bond acceptors (Lipinski definition) is 4. The van der Waals surface area contributed by atoms with Crippen molar-refractivity contribution >= 4 is 22.8 Å². The Bertz CT molecular complexity index is 731. The summed E-state index contributed by atoms with van der Waals surface area (Å²) in [6, 6.07) is 9.68. The molecule has 2 N–H and O–H groups in total. The number of carboxylic acids is 1. The number of rotatable bonds is 6. The summed E-state index contributed by atoms with van der Waals surface area (Å²) in [5.41, 5.74) is 1.06. The van der Waals surface area contributed by atoms with Crippen molar-refractivity contribution in [3.8, 4) is 6.07 Å². The molecular formula is C16H15N3O3. The summed E-state index contributed by atoms with van der Waals surface area (Å²) in [6.07, 6.45) is 2.42. The number of carboxylic acid groups (broad SMARTS) is 1. The maximum atomic E-state index is 12.3. The normalized spacial score (nSPS) is 11.6. The molecule has 1 heterocycles. The Morgan fingerprint density at radius 1 is 1.32 bits per heavy atom. The molecule has 0 saturated heterocycles. The van der Waals surface area contributed by atoms with Crippen molar-refractivity contribution in [3.05, 3.63) is 42.1 Å². The second kappa shape index (κ2) is 7.18. The van der Waals surface area contributed by atoms with Crippen LogP contribution in [0, 0.1) is 11.3 Å². The molecule has 0 aliphatic rings. The van der Waals surface area contributed by atoms with Gasteiger partial charge in [-0.15, -0.1) is 0 Å². The smallest absolute Gasteiger partial charge is 0.326 e. The zero-order chi connectivity index (χ0) is 15.9. The molecule has 0 fully saturated rings. The first-order valence-electron chi connectivity index (χ1n) is 6.88. The average Bonchev–Trinajstić information content (AvgIpc) is 2.53. The molecule has 6 heteroatoms. The average molecular weight is 297 g/mol. The van der Waals surface area contributed by atoms with Crippen LogP contribution >= 0.6 is 0 Å². The van der Waals surface area contributed by atoms with Crippen LogP contribution in [-0.2, 0) is 4.79 Å². The van der Waals surface area contributed by atoms with Gasteiger partial charge in [-0.05, 0) is 25.0 Å². The predicted molar refractivity (Wildman–Crippen MR) is 80.1 cm³/mol. The molecule has 22 heavy (non-hydrogen) atoms. The van der Waals surface area contributed by atoms with Gasteiger partial charge in [0.15, 0.2) is 0 Å². The summed E-state index contributed by atoms with van der Waals surface area (Å²) in [5, 5.41) is 20.9. The number of nitriles is 1. The number of pyridine rings is 1. The van der Waals surface area contributed by atoms with Crippen molar-refractivity contribution in [1.29, 1.82) is 5.26 Å². The van der Waals surface area contributed by atoms with E-state index in [-0.39, 0.29) is 12.8 Å². The van der Waals surface area contributed by atoms with E-state index in [0.717, 1.165) is 0 Å². The highest BCUT2D eigenvalue weighted by Gasteiger charge is 2.21. The second-order valence-corrected chi connectivity index (χ2v) is 4.79. The second-order valence-electron chi connectivity index (χ2n) is 4.79. The maximum Gasteiger partial charge on any atom is 0.326 e. The van der Waals surface area contributed by atoms with Gasteiger partial charge in [0.25, 0.3) is 5.91 Å². The Balaban J connectivity index is 2.19. The number of unbranched alkanes of at least 4 members (excludes halogenated alkanes) is 1. The molecule has 0 radical (unpaired) electrons. The molecule has 0 unspecified atom stereocenters. The van der Waals surface area contributed by atoms with E-state index in [2.05, 4.69) is 10.3 Å². The summed E-state index contributed by atoms with van der Waals surface area (Å²) in [7, 11) is 0. The zero-order valence-corrected chi connectivity index (χ0v) is 11.8. The van der Waals surface area contributed by atoms with Crippen LogP contribution in [0.1, 0.15) is 29.6 Å². The Morgan fingerprint density at radius 2 is 2.09 bits per heavy atom. The van der Waals surface area contributed by atoms with Gasteiger partial charge in [-0.1, -0.05) is 18.2 Å². The Hall–Kier alpha value is -2.94. The van der Waals surface area contributed by atoms with E-state index in [0.29, 0.717) is 22.9 Å². The van der Waals surface area contributed by atoms with Crippen LogP contribution in [-0.4, -0.2) is 28.0 Å². The van der Waals surface area contributed by atoms with Gasteiger partial charge >= 0.3 is 5.97 Å². The Labute approximate surface area is 127 Å². The van der Waals surface area contributed by atoms with Crippen molar-refractivity contribution < 1.29 is 14.7 Å². The summed E-state index contributed by atoms with van der Waals surface area (Å²) in [6.45, 7) is 0. The number of benzene rings is 1. The molecule has 2 aromatic rings. The number of nitrogens with one attached hydrogen (secondary N) is 1. The highest BCUT2D eigenvalue weighted by molar-refractivity contribution is 6.06. The lowest BCUT2D eigenvalue weighted by Gasteiger charge is -2.14. The third-order valence-electron chi connectivity index (χ3n) is 3.28. The topological polar surface area (TPSA) is 103 Å².